The lowest BCUT2D eigenvalue weighted by Crippen LogP contribution is -2.26. The minimum atomic E-state index is -0.895. The third kappa shape index (κ3) is 1.04. The molecular formula is C13H16P+. The Labute approximate surface area is 86.4 Å². The quantitative estimate of drug-likeness (QED) is 0.613. The molecule has 72 valence electrons. The van der Waals surface area contributed by atoms with E-state index in [2.05, 4.69) is 42.8 Å². The number of benzene rings is 1. The highest BCUT2D eigenvalue weighted by molar-refractivity contribution is 7.86. The first kappa shape index (κ1) is 8.68. The van der Waals surface area contributed by atoms with Crippen LogP contribution in [-0.4, -0.2) is 12.3 Å². The molecule has 1 aliphatic heterocycles. The first-order valence-electron chi connectivity index (χ1n) is 5.45. The molecule has 14 heavy (non-hydrogen) atoms. The summed E-state index contributed by atoms with van der Waals surface area (Å²) in [5.41, 5.74) is 2.48. The lowest BCUT2D eigenvalue weighted by Gasteiger charge is -2.33. The first-order valence-corrected chi connectivity index (χ1v) is 7.83. The van der Waals surface area contributed by atoms with Crippen LogP contribution in [0.15, 0.2) is 30.1 Å². The molecule has 0 saturated heterocycles. The van der Waals surface area contributed by atoms with E-state index < -0.39 is 7.26 Å². The molecule has 1 heteroatoms. The SMILES string of the molecule is C[P+]1(C2CCC2)C=Cc2ccccc21. The van der Waals surface area contributed by atoms with Gasteiger partial charge < -0.3 is 0 Å². The fourth-order valence-corrected chi connectivity index (χ4v) is 6.44. The van der Waals surface area contributed by atoms with Crippen LogP contribution in [0.3, 0.4) is 0 Å². The molecule has 0 spiro atoms. The molecule has 1 saturated carbocycles. The molecule has 0 aromatic heterocycles. The lowest BCUT2D eigenvalue weighted by atomic mass is 10.00. The molecule has 1 atom stereocenters. The maximum absolute atomic E-state index is 2.53. The van der Waals surface area contributed by atoms with Crippen LogP contribution in [-0.2, 0) is 0 Å². The summed E-state index contributed by atoms with van der Waals surface area (Å²) in [7, 11) is -0.895. The molecule has 2 aliphatic rings. The van der Waals surface area contributed by atoms with Crippen molar-refractivity contribution in [3.8, 4) is 0 Å². The topological polar surface area (TPSA) is 0 Å². The van der Waals surface area contributed by atoms with Crippen LogP contribution in [0, 0.1) is 0 Å². The van der Waals surface area contributed by atoms with Gasteiger partial charge in [-0.25, -0.2) is 0 Å². The third-order valence-corrected chi connectivity index (χ3v) is 8.10. The molecule has 0 radical (unpaired) electrons. The van der Waals surface area contributed by atoms with Crippen LogP contribution >= 0.6 is 7.26 Å². The highest BCUT2D eigenvalue weighted by Gasteiger charge is 2.47. The molecule has 1 fully saturated rings. The Morgan fingerprint density at radius 1 is 1.21 bits per heavy atom. The van der Waals surface area contributed by atoms with Gasteiger partial charge in [0.05, 0.1) is 25.4 Å². The molecule has 1 aromatic rings. The average Bonchev–Trinajstić information content (AvgIpc) is 2.43. The molecule has 1 heterocycles. The highest BCUT2D eigenvalue weighted by Crippen LogP contribution is 2.68. The summed E-state index contributed by atoms with van der Waals surface area (Å²) in [6.45, 7) is 2.51. The van der Waals surface area contributed by atoms with Gasteiger partial charge in [-0.05, 0) is 31.4 Å². The van der Waals surface area contributed by atoms with Crippen LogP contribution in [0.25, 0.3) is 6.08 Å². The minimum Gasteiger partial charge on any atom is -0.0614 e. The van der Waals surface area contributed by atoms with Crippen molar-refractivity contribution in [2.45, 2.75) is 24.9 Å². The van der Waals surface area contributed by atoms with Crippen LogP contribution in [0.1, 0.15) is 24.8 Å². The van der Waals surface area contributed by atoms with Gasteiger partial charge >= 0.3 is 0 Å². The zero-order chi connectivity index (χ0) is 9.60. The summed E-state index contributed by atoms with van der Waals surface area (Å²) in [5.74, 6) is 2.53. The normalized spacial score (nSPS) is 30.1. The second-order valence-corrected chi connectivity index (χ2v) is 8.41. The minimum absolute atomic E-state index is 0.895. The smallest absolute Gasteiger partial charge is 0.0614 e. The maximum atomic E-state index is 2.53. The van der Waals surface area contributed by atoms with E-state index in [0.717, 1.165) is 5.66 Å². The number of hydrogen-bond acceptors (Lipinski definition) is 0. The molecule has 3 rings (SSSR count). The standard InChI is InChI=1S/C13H16P/c1-14(12-6-4-7-12)10-9-11-5-2-3-8-13(11)14/h2-3,5,8-10,12H,4,6-7H2,1H3/q+1. The van der Waals surface area contributed by atoms with Gasteiger partial charge in [-0.3, -0.25) is 0 Å². The van der Waals surface area contributed by atoms with Crippen molar-refractivity contribution in [1.82, 2.24) is 0 Å². The second-order valence-electron chi connectivity index (χ2n) is 4.61. The van der Waals surface area contributed by atoms with Gasteiger partial charge in [0.15, 0.2) is 0 Å². The Balaban J connectivity index is 2.07. The van der Waals surface area contributed by atoms with Gasteiger partial charge in [-0.15, -0.1) is 0 Å². The van der Waals surface area contributed by atoms with Crippen molar-refractivity contribution in [3.63, 3.8) is 0 Å². The van der Waals surface area contributed by atoms with Gasteiger partial charge in [-0.2, -0.15) is 0 Å². The van der Waals surface area contributed by atoms with Crippen molar-refractivity contribution >= 4 is 18.6 Å². The fourth-order valence-electron chi connectivity index (χ4n) is 2.62. The Morgan fingerprint density at radius 3 is 2.71 bits per heavy atom. The predicted molar refractivity (Wildman–Crippen MR) is 65.6 cm³/mol. The van der Waals surface area contributed by atoms with E-state index in [4.69, 9.17) is 0 Å². The molecule has 1 unspecified atom stereocenters. The Kier molecular flexibility index (Phi) is 1.82. The van der Waals surface area contributed by atoms with Crippen LogP contribution < -0.4 is 5.30 Å². The molecule has 0 nitrogen and oxygen atoms in total. The second kappa shape index (κ2) is 2.94. The van der Waals surface area contributed by atoms with Crippen molar-refractivity contribution in [1.29, 1.82) is 0 Å². The van der Waals surface area contributed by atoms with E-state index in [1.165, 1.54) is 24.8 Å². The van der Waals surface area contributed by atoms with E-state index in [1.54, 1.807) is 5.30 Å². The zero-order valence-corrected chi connectivity index (χ0v) is 9.50. The molecule has 1 aromatic carbocycles. The van der Waals surface area contributed by atoms with Gasteiger partial charge in [0.25, 0.3) is 0 Å². The van der Waals surface area contributed by atoms with E-state index in [-0.39, 0.29) is 0 Å². The van der Waals surface area contributed by atoms with Crippen molar-refractivity contribution in [2.75, 3.05) is 6.66 Å². The van der Waals surface area contributed by atoms with E-state index in [9.17, 15) is 0 Å². The largest absolute Gasteiger partial charge is 0.106 e. The lowest BCUT2D eigenvalue weighted by molar-refractivity contribution is 0.514. The average molecular weight is 203 g/mol. The molecule has 1 aliphatic carbocycles. The van der Waals surface area contributed by atoms with Crippen molar-refractivity contribution in [3.05, 3.63) is 35.6 Å². The fraction of sp³-hybridized carbons (Fsp3) is 0.385. The summed E-state index contributed by atoms with van der Waals surface area (Å²) < 4.78 is 0. The van der Waals surface area contributed by atoms with E-state index in [1.807, 2.05) is 0 Å². The van der Waals surface area contributed by atoms with Crippen molar-refractivity contribution < 1.29 is 0 Å². The van der Waals surface area contributed by atoms with E-state index in [0.29, 0.717) is 0 Å². The van der Waals surface area contributed by atoms with Gasteiger partial charge in [-0.1, -0.05) is 18.2 Å². The van der Waals surface area contributed by atoms with Crippen LogP contribution in [0.5, 0.6) is 0 Å². The maximum Gasteiger partial charge on any atom is 0.106 e. The van der Waals surface area contributed by atoms with Crippen molar-refractivity contribution in [2.24, 2.45) is 0 Å². The molecular weight excluding hydrogens is 187 g/mol. The summed E-state index contributed by atoms with van der Waals surface area (Å²) in [5, 5.41) is 1.66. The predicted octanol–water partition coefficient (Wildman–Crippen LogP) is 3.50. The number of fused-ring (bicyclic) bond motifs is 1. The number of rotatable bonds is 1. The summed E-state index contributed by atoms with van der Waals surface area (Å²) in [6, 6.07) is 8.96. The Hall–Kier alpha value is -0.610. The third-order valence-electron chi connectivity index (χ3n) is 3.85. The van der Waals surface area contributed by atoms with Crippen LogP contribution in [0.2, 0.25) is 0 Å². The Morgan fingerprint density at radius 2 is 2.00 bits per heavy atom. The highest BCUT2D eigenvalue weighted by atomic mass is 31.2. The molecule has 0 amide bonds. The summed E-state index contributed by atoms with van der Waals surface area (Å²) >= 11 is 0. The number of hydrogen-bond donors (Lipinski definition) is 0. The zero-order valence-electron chi connectivity index (χ0n) is 8.61. The molecule has 0 N–H and O–H groups in total. The van der Waals surface area contributed by atoms with Crippen LogP contribution in [0.4, 0.5) is 0 Å². The van der Waals surface area contributed by atoms with Gasteiger partial charge in [0, 0.05) is 5.56 Å². The first-order chi connectivity index (χ1) is 6.81. The summed E-state index contributed by atoms with van der Waals surface area (Å²) in [4.78, 5) is 0. The van der Waals surface area contributed by atoms with E-state index >= 15 is 0 Å². The van der Waals surface area contributed by atoms with Gasteiger partial charge in [0.1, 0.15) is 5.30 Å². The van der Waals surface area contributed by atoms with Gasteiger partial charge in [0.2, 0.25) is 0 Å². The summed E-state index contributed by atoms with van der Waals surface area (Å²) in [6.07, 6.45) is 6.73. The molecule has 0 bridgehead atoms. The Bertz CT molecular complexity index is 390. The monoisotopic (exact) mass is 203 g/mol.